The first kappa shape index (κ1) is 19.7. The third kappa shape index (κ3) is 3.03. The second-order valence-corrected chi connectivity index (χ2v) is 10.1. The minimum atomic E-state index is -0.602. The molecule has 1 saturated heterocycles. The topological polar surface area (TPSA) is 78.9 Å². The molecule has 6 unspecified atom stereocenters. The fraction of sp³-hybridized carbons (Fsp3) is 0.864. The first-order chi connectivity index (χ1) is 13.2. The second-order valence-electron chi connectivity index (χ2n) is 10.1. The lowest BCUT2D eigenvalue weighted by Gasteiger charge is -2.37. The molecule has 6 nitrogen and oxygen atoms in total. The molecule has 0 spiro atoms. The van der Waals surface area contributed by atoms with Gasteiger partial charge >= 0.3 is 17.9 Å². The zero-order valence-corrected chi connectivity index (χ0v) is 17.4. The Morgan fingerprint density at radius 2 is 1.86 bits per heavy atom. The van der Waals surface area contributed by atoms with Crippen LogP contribution >= 0.6 is 0 Å². The van der Waals surface area contributed by atoms with Gasteiger partial charge in [-0.1, -0.05) is 13.3 Å². The lowest BCUT2D eigenvalue weighted by Crippen LogP contribution is -2.47. The average Bonchev–Trinajstić information content (AvgIpc) is 3.25. The average molecular weight is 392 g/mol. The Balaban J connectivity index is 1.53. The van der Waals surface area contributed by atoms with Gasteiger partial charge < -0.3 is 14.2 Å². The third-order valence-electron chi connectivity index (χ3n) is 7.76. The smallest absolute Gasteiger partial charge is 0.311 e. The number of hydrogen-bond donors (Lipinski definition) is 0. The monoisotopic (exact) mass is 392 g/mol. The molecule has 4 aliphatic rings. The molecule has 0 aromatic rings. The van der Waals surface area contributed by atoms with Crippen molar-refractivity contribution in [3.63, 3.8) is 0 Å². The molecule has 6 atom stereocenters. The van der Waals surface area contributed by atoms with Gasteiger partial charge in [0.1, 0.15) is 17.8 Å². The fourth-order valence-corrected chi connectivity index (χ4v) is 5.61. The second kappa shape index (κ2) is 6.74. The molecule has 3 aliphatic carbocycles. The van der Waals surface area contributed by atoms with Gasteiger partial charge in [0.15, 0.2) is 0 Å². The summed E-state index contributed by atoms with van der Waals surface area (Å²) in [5.74, 6) is -2.17. The van der Waals surface area contributed by atoms with Crippen molar-refractivity contribution < 1.29 is 28.6 Å². The van der Waals surface area contributed by atoms with Crippen LogP contribution in [0.5, 0.6) is 0 Å². The van der Waals surface area contributed by atoms with Gasteiger partial charge in [0.25, 0.3) is 0 Å². The molecular weight excluding hydrogens is 360 g/mol. The largest absolute Gasteiger partial charge is 0.459 e. The SMILES string of the molecule is CCC(C)(C)C(=O)OC1C2CC3C1OC(=O)C3C2C(=O)OC1(C)CCCCC1. The van der Waals surface area contributed by atoms with Gasteiger partial charge in [-0.2, -0.15) is 0 Å². The van der Waals surface area contributed by atoms with Gasteiger partial charge in [-0.05, 0) is 59.3 Å². The zero-order chi connectivity index (χ0) is 20.3. The minimum Gasteiger partial charge on any atom is -0.459 e. The number of rotatable bonds is 5. The molecule has 1 aliphatic heterocycles. The van der Waals surface area contributed by atoms with E-state index in [0.29, 0.717) is 12.8 Å². The molecule has 4 fully saturated rings. The molecule has 0 radical (unpaired) electrons. The van der Waals surface area contributed by atoms with Crippen LogP contribution in [0.1, 0.15) is 72.6 Å². The predicted octanol–water partition coefficient (Wildman–Crippen LogP) is 3.41. The number of fused-ring (bicyclic) bond motifs is 1. The fourth-order valence-electron chi connectivity index (χ4n) is 5.61. The van der Waals surface area contributed by atoms with E-state index in [9.17, 15) is 14.4 Å². The number of hydrogen-bond acceptors (Lipinski definition) is 6. The van der Waals surface area contributed by atoms with Crippen molar-refractivity contribution in [1.29, 1.82) is 0 Å². The number of carbonyl (C=O) groups is 3. The van der Waals surface area contributed by atoms with Crippen molar-refractivity contribution in [3.05, 3.63) is 0 Å². The standard InChI is InChI=1S/C22H32O6/c1-5-21(2,3)20(25)27-17-13-11-12-14(18(23)26-16(12)17)15(13)19(24)28-22(4)9-7-6-8-10-22/h12-17H,5-11H2,1-4H3. The van der Waals surface area contributed by atoms with Gasteiger partial charge in [-0.25, -0.2) is 0 Å². The quantitative estimate of drug-likeness (QED) is 0.527. The van der Waals surface area contributed by atoms with Crippen molar-refractivity contribution in [2.75, 3.05) is 0 Å². The Morgan fingerprint density at radius 3 is 2.50 bits per heavy atom. The minimum absolute atomic E-state index is 0.0447. The molecule has 2 bridgehead atoms. The Hall–Kier alpha value is -1.59. The highest BCUT2D eigenvalue weighted by molar-refractivity contribution is 5.86. The van der Waals surface area contributed by atoms with Crippen LogP contribution in [0.2, 0.25) is 0 Å². The van der Waals surface area contributed by atoms with Crippen molar-refractivity contribution >= 4 is 17.9 Å². The predicted molar refractivity (Wildman–Crippen MR) is 100.0 cm³/mol. The third-order valence-corrected chi connectivity index (χ3v) is 7.76. The summed E-state index contributed by atoms with van der Waals surface area (Å²) in [6.07, 6.45) is 5.40. The summed E-state index contributed by atoms with van der Waals surface area (Å²) >= 11 is 0. The lowest BCUT2D eigenvalue weighted by molar-refractivity contribution is -0.179. The molecular formula is C22H32O6. The molecule has 0 aromatic carbocycles. The van der Waals surface area contributed by atoms with Gasteiger partial charge in [0, 0.05) is 11.8 Å². The van der Waals surface area contributed by atoms with E-state index in [2.05, 4.69) is 0 Å². The van der Waals surface area contributed by atoms with Crippen LogP contribution in [0.25, 0.3) is 0 Å². The van der Waals surface area contributed by atoms with Crippen molar-refractivity contribution in [1.82, 2.24) is 0 Å². The Labute approximate surface area is 166 Å². The van der Waals surface area contributed by atoms with Crippen molar-refractivity contribution in [2.45, 2.75) is 90.4 Å². The Kier molecular flexibility index (Phi) is 4.74. The van der Waals surface area contributed by atoms with E-state index in [4.69, 9.17) is 14.2 Å². The number of ether oxygens (including phenoxy) is 3. The normalized spacial score (nSPS) is 38.2. The highest BCUT2D eigenvalue weighted by Gasteiger charge is 2.70. The van der Waals surface area contributed by atoms with Crippen LogP contribution in [0, 0.1) is 29.1 Å². The van der Waals surface area contributed by atoms with E-state index in [1.54, 1.807) is 0 Å². The van der Waals surface area contributed by atoms with Gasteiger partial charge in [0.05, 0.1) is 17.3 Å². The number of carbonyl (C=O) groups excluding carboxylic acids is 3. The molecule has 0 amide bonds. The maximum Gasteiger partial charge on any atom is 0.311 e. The van der Waals surface area contributed by atoms with Crippen molar-refractivity contribution in [2.24, 2.45) is 29.1 Å². The molecule has 1 heterocycles. The van der Waals surface area contributed by atoms with Crippen LogP contribution < -0.4 is 0 Å². The van der Waals surface area contributed by atoms with Crippen LogP contribution in [-0.2, 0) is 28.6 Å². The summed E-state index contributed by atoms with van der Waals surface area (Å²) in [6, 6.07) is 0. The Morgan fingerprint density at radius 1 is 1.18 bits per heavy atom. The van der Waals surface area contributed by atoms with Crippen LogP contribution in [-0.4, -0.2) is 35.7 Å². The van der Waals surface area contributed by atoms with Gasteiger partial charge in [-0.3, -0.25) is 14.4 Å². The van der Waals surface area contributed by atoms with E-state index >= 15 is 0 Å². The molecule has 4 rings (SSSR count). The summed E-state index contributed by atoms with van der Waals surface area (Å²) in [5.41, 5.74) is -1.05. The molecule has 0 aromatic heterocycles. The van der Waals surface area contributed by atoms with E-state index in [1.165, 1.54) is 6.42 Å². The summed E-state index contributed by atoms with van der Waals surface area (Å²) in [6.45, 7) is 7.64. The van der Waals surface area contributed by atoms with Gasteiger partial charge in [0.2, 0.25) is 0 Å². The summed E-state index contributed by atoms with van der Waals surface area (Å²) < 4.78 is 17.4. The Bertz CT molecular complexity index is 677. The highest BCUT2D eigenvalue weighted by Crippen LogP contribution is 2.59. The summed E-state index contributed by atoms with van der Waals surface area (Å²) in [5, 5.41) is 0. The van der Waals surface area contributed by atoms with Crippen LogP contribution in [0.3, 0.4) is 0 Å². The first-order valence-electron chi connectivity index (χ1n) is 10.8. The van der Waals surface area contributed by atoms with Crippen molar-refractivity contribution in [3.8, 4) is 0 Å². The molecule has 6 heteroatoms. The van der Waals surface area contributed by atoms with Crippen LogP contribution in [0.15, 0.2) is 0 Å². The number of esters is 3. The summed E-state index contributed by atoms with van der Waals surface area (Å²) in [4.78, 5) is 38.3. The molecule has 0 N–H and O–H groups in total. The molecule has 156 valence electrons. The lowest BCUT2D eigenvalue weighted by atomic mass is 9.78. The summed E-state index contributed by atoms with van der Waals surface area (Å²) in [7, 11) is 0. The molecule has 28 heavy (non-hydrogen) atoms. The first-order valence-corrected chi connectivity index (χ1v) is 10.8. The maximum atomic E-state index is 13.2. The van der Waals surface area contributed by atoms with E-state index in [0.717, 1.165) is 25.7 Å². The van der Waals surface area contributed by atoms with Crippen LogP contribution in [0.4, 0.5) is 0 Å². The van der Waals surface area contributed by atoms with E-state index in [-0.39, 0.29) is 29.7 Å². The molecule has 3 saturated carbocycles. The highest BCUT2D eigenvalue weighted by atomic mass is 16.6. The maximum absolute atomic E-state index is 13.2. The van der Waals surface area contributed by atoms with E-state index in [1.807, 2.05) is 27.7 Å². The van der Waals surface area contributed by atoms with Gasteiger partial charge in [-0.15, -0.1) is 0 Å². The zero-order valence-electron chi connectivity index (χ0n) is 17.4. The van der Waals surface area contributed by atoms with E-state index < -0.39 is 35.1 Å².